The van der Waals surface area contributed by atoms with Crippen LogP contribution in [0.1, 0.15) is 44.7 Å². The molecule has 0 saturated carbocycles. The van der Waals surface area contributed by atoms with Gasteiger partial charge in [0.25, 0.3) is 12.1 Å². The highest BCUT2D eigenvalue weighted by molar-refractivity contribution is 8.56. The third-order valence-corrected chi connectivity index (χ3v) is 14.9. The number of aromatic nitrogens is 8. The van der Waals surface area contributed by atoms with Crippen LogP contribution in [-0.4, -0.2) is 106 Å². The first-order valence-corrected chi connectivity index (χ1v) is 23.3. The Morgan fingerprint density at radius 3 is 2.47 bits per heavy atom. The summed E-state index contributed by atoms with van der Waals surface area (Å²) in [6.45, 7) is -1.75. The topological polar surface area (TPSA) is 295 Å². The normalized spacial score (nSPS) is 32.5. The summed E-state index contributed by atoms with van der Waals surface area (Å²) in [4.78, 5) is 58.2. The van der Waals surface area contributed by atoms with E-state index >= 15 is 8.78 Å². The van der Waals surface area contributed by atoms with Gasteiger partial charge in [0.15, 0.2) is 47.4 Å². The summed E-state index contributed by atoms with van der Waals surface area (Å²) in [5.74, 6) is -0.366. The van der Waals surface area contributed by atoms with Crippen molar-refractivity contribution in [3.05, 3.63) is 59.2 Å². The number of phosphoric acid groups is 1. The van der Waals surface area contributed by atoms with Crippen molar-refractivity contribution in [3.63, 3.8) is 0 Å². The van der Waals surface area contributed by atoms with Crippen LogP contribution >= 0.6 is 25.8 Å². The van der Waals surface area contributed by atoms with E-state index in [0.29, 0.717) is 17.7 Å². The van der Waals surface area contributed by atoms with Crippen LogP contribution in [0.2, 0.25) is 0 Å². The van der Waals surface area contributed by atoms with Crippen molar-refractivity contribution >= 4 is 65.8 Å². The van der Waals surface area contributed by atoms with E-state index in [1.54, 1.807) is 24.3 Å². The highest BCUT2D eigenvalue weighted by atomic mass is 32.7. The molecular weight excluding hydrogens is 860 g/mol. The van der Waals surface area contributed by atoms with Crippen molar-refractivity contribution in [2.45, 2.75) is 87.8 Å². The first kappa shape index (κ1) is 42.3. The molecule has 0 spiro atoms. The third-order valence-electron chi connectivity index (χ3n) is 9.77. The molecule has 3 saturated heterocycles. The third kappa shape index (κ3) is 8.43. The van der Waals surface area contributed by atoms with Gasteiger partial charge in [-0.1, -0.05) is 30.4 Å². The molecule has 11 atom stereocenters. The van der Waals surface area contributed by atoms with E-state index in [1.807, 2.05) is 6.92 Å². The van der Waals surface area contributed by atoms with E-state index in [0.717, 1.165) is 28.6 Å². The van der Waals surface area contributed by atoms with Crippen molar-refractivity contribution < 1.29 is 60.1 Å². The number of hydrogen-bond acceptors (Lipinski definition) is 19. The average molecular weight is 899 g/mol. The Labute approximate surface area is 341 Å². The Kier molecular flexibility index (Phi) is 11.8. The molecule has 60 heavy (non-hydrogen) atoms. The number of halogens is 2. The molecule has 7 heterocycles. The van der Waals surface area contributed by atoms with Crippen LogP contribution in [0.25, 0.3) is 22.3 Å². The number of benzene rings is 1. The molecule has 0 aliphatic carbocycles. The number of anilines is 2. The molecule has 22 nitrogen and oxygen atoms in total. The number of nitrogens with zero attached hydrogens (tertiary/aromatic N) is 7. The number of carbonyl (C=O) groups excluding carboxylic acids is 1. The molecule has 3 aliphatic heterocycles. The monoisotopic (exact) mass is 898 g/mol. The maximum atomic E-state index is 16.7. The van der Waals surface area contributed by atoms with E-state index in [2.05, 4.69) is 29.9 Å². The Morgan fingerprint density at radius 2 is 1.72 bits per heavy atom. The number of H-pyrrole nitrogens is 1. The van der Waals surface area contributed by atoms with E-state index in [1.165, 1.54) is 17.8 Å². The fourth-order valence-corrected chi connectivity index (χ4v) is 11.4. The quantitative estimate of drug-likeness (QED) is 0.0981. The van der Waals surface area contributed by atoms with Crippen LogP contribution in [0.15, 0.2) is 48.0 Å². The second-order valence-electron chi connectivity index (χ2n) is 14.0. The number of fused-ring (bicyclic) bond motifs is 5. The number of esters is 1. The van der Waals surface area contributed by atoms with E-state index < -0.39 is 94.2 Å². The van der Waals surface area contributed by atoms with E-state index in [9.17, 15) is 23.6 Å². The van der Waals surface area contributed by atoms with Crippen molar-refractivity contribution in [2.75, 3.05) is 24.4 Å². The molecule has 0 radical (unpaired) electrons. The molecule has 27 heteroatoms. The number of phosphoric ester groups is 1. The van der Waals surface area contributed by atoms with Crippen LogP contribution in [0, 0.1) is 0 Å². The molecule has 3 aliphatic rings. The summed E-state index contributed by atoms with van der Waals surface area (Å²) >= 11 is 0.799. The number of imidazole rings is 2. The minimum absolute atomic E-state index is 0.0110. The number of nitrogens with one attached hydrogen (secondary N) is 1. The smallest absolute Gasteiger partial charge is 0.427 e. The van der Waals surface area contributed by atoms with E-state index in [4.69, 9.17) is 44.0 Å². The van der Waals surface area contributed by atoms with Gasteiger partial charge in [-0.15, -0.1) is 0 Å². The second-order valence-corrected chi connectivity index (χ2v) is 20.0. The number of nitrogens with two attached hydrogens (primary N) is 2. The van der Waals surface area contributed by atoms with Gasteiger partial charge in [0, 0.05) is 12.2 Å². The summed E-state index contributed by atoms with van der Waals surface area (Å²) in [5, 5.41) is 0. The predicted octanol–water partition coefficient (Wildman–Crippen LogP) is 3.69. The zero-order chi connectivity index (χ0) is 42.5. The largest absolute Gasteiger partial charge is 0.473 e. The minimum atomic E-state index is -5.31. The van der Waals surface area contributed by atoms with Gasteiger partial charge in [-0.3, -0.25) is 37.3 Å². The maximum absolute atomic E-state index is 16.7. The van der Waals surface area contributed by atoms with Crippen molar-refractivity contribution in [1.82, 2.24) is 39.0 Å². The molecule has 0 amide bonds. The lowest BCUT2D eigenvalue weighted by molar-refractivity contribution is -0.134. The number of rotatable bonds is 8. The Morgan fingerprint density at radius 1 is 0.983 bits per heavy atom. The maximum Gasteiger partial charge on any atom is 0.473 e. The zero-order valence-electron chi connectivity index (χ0n) is 31.6. The Bertz CT molecular complexity index is 2550. The van der Waals surface area contributed by atoms with Crippen LogP contribution in [0.3, 0.4) is 0 Å². The standard InChI is InChI=1S/C33H38F2N10O12P2S/c1-3-4-19(46)53-17-7-5-16(6-8-17)10-60-58(48)14-51-25-21(35)31(44-12-40-22-27(36)38-11-39-28(22)44)55-24(25)15(2)56-59(49,50)57-26-20(34)18(9-52-58)54-32(26)45-13-41-23-29(45)42-33(37)43-30(23)47/h5-8,11-13,15,18,20-21,24-26,31-32H,3-4,9-10,14H2,1-2H3,(H,49,50)(H2,36,38,39)(H3,37,42,43,47)/t15-,18+,20+,21+,24+,25-,26+,31+,32+,58?/m0/s1. The molecule has 6 N–H and O–H groups in total. The van der Waals surface area contributed by atoms with E-state index in [-0.39, 0.29) is 46.3 Å². The summed E-state index contributed by atoms with van der Waals surface area (Å²) in [7, 11) is -5.31. The lowest BCUT2D eigenvalue weighted by Crippen LogP contribution is -2.40. The second kappa shape index (κ2) is 16.8. The van der Waals surface area contributed by atoms with Gasteiger partial charge in [-0.05, 0) is 31.0 Å². The van der Waals surface area contributed by atoms with Gasteiger partial charge in [0.05, 0.1) is 25.4 Å². The van der Waals surface area contributed by atoms with Crippen molar-refractivity contribution in [1.29, 1.82) is 0 Å². The highest BCUT2D eigenvalue weighted by Gasteiger charge is 2.55. The van der Waals surface area contributed by atoms with Crippen LogP contribution in [0.5, 0.6) is 5.75 Å². The molecule has 8 rings (SSSR count). The number of aromatic amines is 1. The lowest BCUT2D eigenvalue weighted by Gasteiger charge is -2.29. The van der Waals surface area contributed by atoms with Gasteiger partial charge in [-0.2, -0.15) is 4.98 Å². The van der Waals surface area contributed by atoms with Crippen LogP contribution in [0.4, 0.5) is 20.5 Å². The number of alkyl halides is 2. The number of carbonyl (C=O) groups is 1. The predicted molar refractivity (Wildman–Crippen MR) is 207 cm³/mol. The number of ether oxygens (including phenoxy) is 4. The Balaban J connectivity index is 1.12. The van der Waals surface area contributed by atoms with Gasteiger partial charge in [-0.25, -0.2) is 33.3 Å². The van der Waals surface area contributed by atoms with Gasteiger partial charge in [0.1, 0.15) is 48.4 Å². The molecular formula is C33H38F2N10O12P2S. The van der Waals surface area contributed by atoms with Crippen LogP contribution < -0.4 is 21.8 Å². The molecule has 5 aromatic rings. The van der Waals surface area contributed by atoms with Gasteiger partial charge >= 0.3 is 13.8 Å². The van der Waals surface area contributed by atoms with Crippen molar-refractivity contribution in [3.8, 4) is 5.75 Å². The summed E-state index contributed by atoms with van der Waals surface area (Å²) in [5.41, 5.74) is 11.5. The van der Waals surface area contributed by atoms with Gasteiger partial charge in [0.2, 0.25) is 5.95 Å². The lowest BCUT2D eigenvalue weighted by atomic mass is 10.1. The molecule has 1 aromatic carbocycles. The van der Waals surface area contributed by atoms with Crippen molar-refractivity contribution in [2.24, 2.45) is 0 Å². The molecule has 2 bridgehead atoms. The van der Waals surface area contributed by atoms with Crippen LogP contribution in [-0.2, 0) is 47.5 Å². The molecule has 2 unspecified atom stereocenters. The summed E-state index contributed by atoms with van der Waals surface area (Å²) in [6.07, 6.45) is -12.2. The molecule has 4 aromatic heterocycles. The molecule has 3 fully saturated rings. The summed E-state index contributed by atoms with van der Waals surface area (Å²) < 4.78 is 104. The molecule has 322 valence electrons. The van der Waals surface area contributed by atoms with Gasteiger partial charge < -0.3 is 39.8 Å². The zero-order valence-corrected chi connectivity index (χ0v) is 34.2. The fourth-order valence-electron chi connectivity index (χ4n) is 6.93. The first-order valence-electron chi connectivity index (χ1n) is 18.4. The SMILES string of the molecule is CCCC(=O)Oc1ccc(CSP2(=O)CO[C@H]3[C@@H](F)[C@H](n4cnc5c(N)ncnc54)O[C@@H]3[C@H](C)OP(=O)(O)O[C@@H]3[C@H](F)[C@@H](CO2)O[C@H]3n2cnc3c(=O)[nH]c(N)nc32)cc1. The average Bonchev–Trinajstić information content (AvgIpc) is 3.97. The highest BCUT2D eigenvalue weighted by Crippen LogP contribution is 2.62. The first-order chi connectivity index (χ1) is 28.6. The summed E-state index contributed by atoms with van der Waals surface area (Å²) in [6, 6.07) is 6.42. The minimum Gasteiger partial charge on any atom is -0.427 e. The fraction of sp³-hybridized carbons (Fsp3) is 0.485. The number of hydrogen-bond donors (Lipinski definition) is 4. The Hall–Kier alpha value is -4.42. The number of nitrogen functional groups attached to an aromatic ring is 2.